The fourth-order valence-corrected chi connectivity index (χ4v) is 2.34. The number of hydrogen-bond donors (Lipinski definition) is 4. The summed E-state index contributed by atoms with van der Waals surface area (Å²) >= 11 is 0. The number of para-hydroxylation sites is 1. The highest BCUT2D eigenvalue weighted by Crippen LogP contribution is 2.16. The number of carbonyl (C=O) groups excluding carboxylic acids is 2. The Morgan fingerprint density at radius 3 is 2.38 bits per heavy atom. The van der Waals surface area contributed by atoms with Gasteiger partial charge in [0, 0.05) is 0 Å². The summed E-state index contributed by atoms with van der Waals surface area (Å²) < 4.78 is 5.59. The second-order valence-electron chi connectivity index (χ2n) is 6.91. The number of benzene rings is 1. The molecule has 1 heterocycles. The van der Waals surface area contributed by atoms with Crippen molar-refractivity contribution >= 4 is 17.8 Å². The summed E-state index contributed by atoms with van der Waals surface area (Å²) in [4.78, 5) is 40.0. The standard InChI is InChI=1S/C20H24N4O5/c1-12(2)20(3,19(21)28)24-23-17(25)16-15(18(26)27)10-9-13(22-16)11-29-14-7-5-4-6-8-14/h4-10,12,24H,11H2,1-3H3,(H2,21,28)(H,23,25)(H,26,27)/t20-/m0/s1. The van der Waals surface area contributed by atoms with Crippen molar-refractivity contribution in [1.29, 1.82) is 0 Å². The minimum atomic E-state index is -1.31. The first-order chi connectivity index (χ1) is 13.6. The average molecular weight is 400 g/mol. The summed E-state index contributed by atoms with van der Waals surface area (Å²) in [6.45, 7) is 5.09. The van der Waals surface area contributed by atoms with Crippen molar-refractivity contribution in [3.05, 3.63) is 59.4 Å². The van der Waals surface area contributed by atoms with Crippen LogP contribution in [0, 0.1) is 5.92 Å². The van der Waals surface area contributed by atoms with Crippen LogP contribution in [0.4, 0.5) is 0 Å². The molecule has 1 atom stereocenters. The minimum Gasteiger partial charge on any atom is -0.487 e. The quantitative estimate of drug-likeness (QED) is 0.467. The van der Waals surface area contributed by atoms with E-state index >= 15 is 0 Å². The first-order valence-electron chi connectivity index (χ1n) is 8.93. The molecule has 0 aliphatic rings. The Morgan fingerprint density at radius 1 is 1.17 bits per heavy atom. The van der Waals surface area contributed by atoms with Crippen LogP contribution < -0.4 is 21.3 Å². The third kappa shape index (κ3) is 5.29. The number of pyridine rings is 1. The van der Waals surface area contributed by atoms with Gasteiger partial charge in [-0.05, 0) is 37.1 Å². The fraction of sp³-hybridized carbons (Fsp3) is 0.300. The summed E-state index contributed by atoms with van der Waals surface area (Å²) in [5.74, 6) is -2.41. The molecule has 0 unspecified atom stereocenters. The summed E-state index contributed by atoms with van der Waals surface area (Å²) in [7, 11) is 0. The first kappa shape index (κ1) is 21.8. The topological polar surface area (TPSA) is 144 Å². The lowest BCUT2D eigenvalue weighted by Crippen LogP contribution is -2.62. The highest BCUT2D eigenvalue weighted by molar-refractivity contribution is 6.03. The molecule has 9 heteroatoms. The van der Waals surface area contributed by atoms with E-state index in [1.165, 1.54) is 19.1 Å². The van der Waals surface area contributed by atoms with Crippen LogP contribution in [0.25, 0.3) is 0 Å². The minimum absolute atomic E-state index is 0.0443. The number of ether oxygens (including phenoxy) is 1. The molecule has 29 heavy (non-hydrogen) atoms. The zero-order valence-corrected chi connectivity index (χ0v) is 16.4. The van der Waals surface area contributed by atoms with Gasteiger partial charge in [0.15, 0.2) is 0 Å². The predicted octanol–water partition coefficient (Wildman–Crippen LogP) is 1.49. The number of nitrogens with two attached hydrogens (primary N) is 1. The Balaban J connectivity index is 2.21. The van der Waals surface area contributed by atoms with Gasteiger partial charge in [-0.3, -0.25) is 15.0 Å². The van der Waals surface area contributed by atoms with Crippen molar-refractivity contribution in [2.75, 3.05) is 0 Å². The molecule has 0 saturated heterocycles. The van der Waals surface area contributed by atoms with E-state index < -0.39 is 23.3 Å². The molecule has 0 bridgehead atoms. The van der Waals surface area contributed by atoms with Gasteiger partial charge in [0.25, 0.3) is 5.91 Å². The van der Waals surface area contributed by atoms with Crippen molar-refractivity contribution in [1.82, 2.24) is 15.8 Å². The van der Waals surface area contributed by atoms with Crippen molar-refractivity contribution in [3.8, 4) is 5.75 Å². The average Bonchev–Trinajstić information content (AvgIpc) is 2.70. The van der Waals surface area contributed by atoms with Gasteiger partial charge < -0.3 is 15.6 Å². The van der Waals surface area contributed by atoms with Crippen molar-refractivity contribution in [2.24, 2.45) is 11.7 Å². The van der Waals surface area contributed by atoms with E-state index in [0.717, 1.165) is 0 Å². The molecule has 2 amide bonds. The summed E-state index contributed by atoms with van der Waals surface area (Å²) in [5.41, 5.74) is 8.90. The smallest absolute Gasteiger partial charge is 0.338 e. The molecular formula is C20H24N4O5. The molecule has 0 saturated carbocycles. The van der Waals surface area contributed by atoms with E-state index in [0.29, 0.717) is 11.4 Å². The number of primary amides is 1. The zero-order valence-electron chi connectivity index (χ0n) is 16.4. The highest BCUT2D eigenvalue weighted by Gasteiger charge is 2.35. The SMILES string of the molecule is CC(C)[C@](C)(NNC(=O)c1nc(COc2ccccc2)ccc1C(=O)O)C(N)=O. The van der Waals surface area contributed by atoms with Crippen LogP contribution in [0.3, 0.4) is 0 Å². The number of carbonyl (C=O) groups is 3. The number of aromatic nitrogens is 1. The molecule has 5 N–H and O–H groups in total. The number of rotatable bonds is 9. The van der Waals surface area contributed by atoms with Crippen molar-refractivity contribution in [2.45, 2.75) is 32.9 Å². The summed E-state index contributed by atoms with van der Waals surface area (Å²) in [5, 5.41) is 9.37. The Hall–Kier alpha value is -3.46. The number of hydrazine groups is 1. The van der Waals surface area contributed by atoms with Crippen LogP contribution in [-0.2, 0) is 11.4 Å². The number of carboxylic acid groups (broad SMARTS) is 1. The molecule has 0 aliphatic heterocycles. The first-order valence-corrected chi connectivity index (χ1v) is 8.93. The zero-order chi connectivity index (χ0) is 21.6. The number of nitrogens with one attached hydrogen (secondary N) is 2. The Bertz CT molecular complexity index is 901. The lowest BCUT2D eigenvalue weighted by Gasteiger charge is -2.31. The molecule has 154 valence electrons. The van der Waals surface area contributed by atoms with Crippen LogP contribution in [0.5, 0.6) is 5.75 Å². The maximum absolute atomic E-state index is 12.6. The monoisotopic (exact) mass is 400 g/mol. The number of hydrogen-bond acceptors (Lipinski definition) is 6. The Morgan fingerprint density at radius 2 is 1.83 bits per heavy atom. The summed E-state index contributed by atoms with van der Waals surface area (Å²) in [6, 6.07) is 11.7. The maximum atomic E-state index is 12.6. The molecule has 9 nitrogen and oxygen atoms in total. The van der Waals surface area contributed by atoms with Gasteiger partial charge in [-0.25, -0.2) is 15.2 Å². The number of amides is 2. The van der Waals surface area contributed by atoms with Crippen LogP contribution in [0.2, 0.25) is 0 Å². The summed E-state index contributed by atoms with van der Waals surface area (Å²) in [6.07, 6.45) is 0. The van der Waals surface area contributed by atoms with Gasteiger partial charge in [-0.15, -0.1) is 0 Å². The van der Waals surface area contributed by atoms with E-state index in [4.69, 9.17) is 10.5 Å². The molecular weight excluding hydrogens is 376 g/mol. The largest absolute Gasteiger partial charge is 0.487 e. The van der Waals surface area contributed by atoms with E-state index in [1.807, 2.05) is 18.2 Å². The van der Waals surface area contributed by atoms with Gasteiger partial charge in [0.1, 0.15) is 23.6 Å². The molecule has 1 aromatic carbocycles. The van der Waals surface area contributed by atoms with E-state index in [2.05, 4.69) is 15.8 Å². The van der Waals surface area contributed by atoms with E-state index in [-0.39, 0.29) is 23.8 Å². The Kier molecular flexibility index (Phi) is 6.89. The van der Waals surface area contributed by atoms with Gasteiger partial charge in [-0.2, -0.15) is 0 Å². The third-order valence-electron chi connectivity index (χ3n) is 4.63. The predicted molar refractivity (Wildman–Crippen MR) is 105 cm³/mol. The molecule has 2 aromatic rings. The van der Waals surface area contributed by atoms with Crippen molar-refractivity contribution < 1.29 is 24.2 Å². The highest BCUT2D eigenvalue weighted by atomic mass is 16.5. The lowest BCUT2D eigenvalue weighted by molar-refractivity contribution is -0.125. The normalized spacial score (nSPS) is 12.8. The number of nitrogens with zero attached hydrogens (tertiary/aromatic N) is 1. The molecule has 0 fully saturated rings. The second-order valence-corrected chi connectivity index (χ2v) is 6.91. The number of carboxylic acids is 1. The van der Waals surface area contributed by atoms with Crippen LogP contribution >= 0.6 is 0 Å². The fourth-order valence-electron chi connectivity index (χ4n) is 2.34. The second kappa shape index (κ2) is 9.16. The molecule has 2 rings (SSSR count). The number of aromatic carboxylic acids is 1. The third-order valence-corrected chi connectivity index (χ3v) is 4.63. The molecule has 0 radical (unpaired) electrons. The van der Waals surface area contributed by atoms with Crippen LogP contribution in [0.1, 0.15) is 47.3 Å². The van der Waals surface area contributed by atoms with Crippen LogP contribution in [-0.4, -0.2) is 33.4 Å². The molecule has 0 aliphatic carbocycles. The maximum Gasteiger partial charge on any atom is 0.338 e. The van der Waals surface area contributed by atoms with Gasteiger partial charge in [-0.1, -0.05) is 32.0 Å². The molecule has 1 aromatic heterocycles. The van der Waals surface area contributed by atoms with E-state index in [1.54, 1.807) is 26.0 Å². The van der Waals surface area contributed by atoms with Crippen molar-refractivity contribution in [3.63, 3.8) is 0 Å². The Labute approximate surface area is 168 Å². The lowest BCUT2D eigenvalue weighted by atomic mass is 9.88. The van der Waals surface area contributed by atoms with E-state index in [9.17, 15) is 19.5 Å². The molecule has 0 spiro atoms. The van der Waals surface area contributed by atoms with Gasteiger partial charge in [0.2, 0.25) is 5.91 Å². The van der Waals surface area contributed by atoms with Gasteiger partial charge >= 0.3 is 5.97 Å². The van der Waals surface area contributed by atoms with Crippen LogP contribution in [0.15, 0.2) is 42.5 Å². The van der Waals surface area contributed by atoms with Gasteiger partial charge in [0.05, 0.1) is 11.3 Å².